The van der Waals surface area contributed by atoms with Crippen LogP contribution in [0.25, 0.3) is 0 Å². The molecule has 0 unspecified atom stereocenters. The number of ether oxygens (including phenoxy) is 1. The summed E-state index contributed by atoms with van der Waals surface area (Å²) in [5, 5.41) is 4.61. The topological polar surface area (TPSA) is 84.5 Å². The molecule has 8 heteroatoms. The minimum atomic E-state index is -1.19. The third-order valence-corrected chi connectivity index (χ3v) is 3.13. The number of halogens is 2. The van der Waals surface area contributed by atoms with E-state index in [1.54, 1.807) is 0 Å². The molecule has 0 aromatic heterocycles. The first-order valence-corrected chi connectivity index (χ1v) is 6.62. The van der Waals surface area contributed by atoms with E-state index in [0.29, 0.717) is 12.5 Å². The molecule has 0 radical (unpaired) electrons. The van der Waals surface area contributed by atoms with Crippen LogP contribution in [0.4, 0.5) is 14.5 Å². The van der Waals surface area contributed by atoms with Crippen LogP contribution in [0.2, 0.25) is 0 Å². The van der Waals surface area contributed by atoms with E-state index < -0.39 is 35.7 Å². The standard InChI is InChI=1S/C14H14F2N2O4/c1-7(22-14(21)11-4-5-12(19)17-11)13(20)18-10-3-2-8(15)6-9(10)16/h2-3,6-7,11H,4-5H2,1H3,(H,17,19)(H,18,20)/t7-,11+/m0/s1. The summed E-state index contributed by atoms with van der Waals surface area (Å²) in [6, 6.07) is 1.91. The lowest BCUT2D eigenvalue weighted by Gasteiger charge is -2.16. The van der Waals surface area contributed by atoms with Gasteiger partial charge in [0.05, 0.1) is 5.69 Å². The molecule has 1 aromatic rings. The first-order chi connectivity index (χ1) is 10.4. The van der Waals surface area contributed by atoms with E-state index in [0.717, 1.165) is 12.1 Å². The first-order valence-electron chi connectivity index (χ1n) is 6.62. The Balaban J connectivity index is 1.91. The number of carbonyl (C=O) groups excluding carboxylic acids is 3. The normalized spacial score (nSPS) is 18.5. The molecule has 0 spiro atoms. The van der Waals surface area contributed by atoms with Crippen molar-refractivity contribution in [3.63, 3.8) is 0 Å². The van der Waals surface area contributed by atoms with Crippen molar-refractivity contribution in [2.45, 2.75) is 31.9 Å². The van der Waals surface area contributed by atoms with Crippen LogP contribution in [0.5, 0.6) is 0 Å². The summed E-state index contributed by atoms with van der Waals surface area (Å²) < 4.78 is 31.1. The molecule has 1 aliphatic heterocycles. The van der Waals surface area contributed by atoms with Crippen molar-refractivity contribution in [3.8, 4) is 0 Å². The molecule has 0 aliphatic carbocycles. The molecule has 1 fully saturated rings. The number of benzene rings is 1. The third kappa shape index (κ3) is 3.78. The highest BCUT2D eigenvalue weighted by molar-refractivity contribution is 5.96. The predicted molar refractivity (Wildman–Crippen MR) is 71.7 cm³/mol. The number of hydrogen-bond acceptors (Lipinski definition) is 4. The molecule has 0 saturated carbocycles. The Bertz CT molecular complexity index is 621. The summed E-state index contributed by atoms with van der Waals surface area (Å²) in [5.41, 5.74) is -0.219. The number of carbonyl (C=O) groups is 3. The Morgan fingerprint density at radius 3 is 2.73 bits per heavy atom. The first kappa shape index (κ1) is 15.9. The van der Waals surface area contributed by atoms with Gasteiger partial charge in [-0.15, -0.1) is 0 Å². The van der Waals surface area contributed by atoms with Crippen LogP contribution in [0.1, 0.15) is 19.8 Å². The largest absolute Gasteiger partial charge is 0.451 e. The van der Waals surface area contributed by atoms with Gasteiger partial charge in [-0.2, -0.15) is 0 Å². The van der Waals surface area contributed by atoms with Gasteiger partial charge in [-0.1, -0.05) is 0 Å². The van der Waals surface area contributed by atoms with Gasteiger partial charge in [0.25, 0.3) is 5.91 Å². The summed E-state index contributed by atoms with van der Waals surface area (Å²) in [4.78, 5) is 34.6. The SMILES string of the molecule is C[C@H](OC(=O)[C@H]1CCC(=O)N1)C(=O)Nc1ccc(F)cc1F. The van der Waals surface area contributed by atoms with Crippen LogP contribution in [-0.2, 0) is 19.1 Å². The zero-order valence-corrected chi connectivity index (χ0v) is 11.7. The Labute approximate surface area is 124 Å². The predicted octanol–water partition coefficient (Wildman–Crippen LogP) is 1.11. The third-order valence-electron chi connectivity index (χ3n) is 3.13. The molecule has 118 valence electrons. The molecule has 2 amide bonds. The highest BCUT2D eigenvalue weighted by atomic mass is 19.1. The Morgan fingerprint density at radius 2 is 2.14 bits per heavy atom. The molecule has 2 rings (SSSR count). The van der Waals surface area contributed by atoms with Gasteiger partial charge in [-0.05, 0) is 25.5 Å². The summed E-state index contributed by atoms with van der Waals surface area (Å²) in [5.74, 6) is -3.45. The molecule has 1 heterocycles. The van der Waals surface area contributed by atoms with Crippen molar-refractivity contribution in [2.24, 2.45) is 0 Å². The van der Waals surface area contributed by atoms with Gasteiger partial charge in [0.2, 0.25) is 5.91 Å². The Morgan fingerprint density at radius 1 is 1.41 bits per heavy atom. The molecule has 2 N–H and O–H groups in total. The lowest BCUT2D eigenvalue weighted by molar-refractivity contribution is -0.155. The number of hydrogen-bond donors (Lipinski definition) is 2. The van der Waals surface area contributed by atoms with Crippen LogP contribution < -0.4 is 10.6 Å². The van der Waals surface area contributed by atoms with E-state index in [1.807, 2.05) is 0 Å². The highest BCUT2D eigenvalue weighted by Crippen LogP contribution is 2.16. The minimum absolute atomic E-state index is 0.219. The highest BCUT2D eigenvalue weighted by Gasteiger charge is 2.30. The molecular formula is C14H14F2N2O4. The molecule has 1 saturated heterocycles. The smallest absolute Gasteiger partial charge is 0.329 e. The fourth-order valence-corrected chi connectivity index (χ4v) is 1.93. The zero-order chi connectivity index (χ0) is 16.3. The maximum atomic E-state index is 13.4. The second-order valence-corrected chi connectivity index (χ2v) is 4.85. The van der Waals surface area contributed by atoms with E-state index in [9.17, 15) is 23.2 Å². The van der Waals surface area contributed by atoms with Gasteiger partial charge in [0.15, 0.2) is 6.10 Å². The minimum Gasteiger partial charge on any atom is -0.451 e. The van der Waals surface area contributed by atoms with E-state index in [1.165, 1.54) is 6.92 Å². The second kappa shape index (κ2) is 6.50. The van der Waals surface area contributed by atoms with Gasteiger partial charge in [-0.25, -0.2) is 13.6 Å². The van der Waals surface area contributed by atoms with Crippen LogP contribution in [0.15, 0.2) is 18.2 Å². The van der Waals surface area contributed by atoms with E-state index in [2.05, 4.69) is 10.6 Å². The molecular weight excluding hydrogens is 298 g/mol. The van der Waals surface area contributed by atoms with Gasteiger partial charge in [0, 0.05) is 12.5 Å². The van der Waals surface area contributed by atoms with Crippen molar-refractivity contribution < 1.29 is 27.9 Å². The molecule has 1 aromatic carbocycles. The quantitative estimate of drug-likeness (QED) is 0.816. The number of anilines is 1. The van der Waals surface area contributed by atoms with Crippen LogP contribution >= 0.6 is 0 Å². The lowest BCUT2D eigenvalue weighted by Crippen LogP contribution is -2.39. The molecule has 6 nitrogen and oxygen atoms in total. The van der Waals surface area contributed by atoms with Gasteiger partial charge in [-0.3, -0.25) is 9.59 Å². The second-order valence-electron chi connectivity index (χ2n) is 4.85. The summed E-state index contributed by atoms with van der Waals surface area (Å²) >= 11 is 0. The number of nitrogens with one attached hydrogen (secondary N) is 2. The van der Waals surface area contributed by atoms with Crippen LogP contribution in [0.3, 0.4) is 0 Å². The van der Waals surface area contributed by atoms with Gasteiger partial charge < -0.3 is 15.4 Å². The number of amides is 2. The van der Waals surface area contributed by atoms with Crippen molar-refractivity contribution >= 4 is 23.5 Å². The average Bonchev–Trinajstić information content (AvgIpc) is 2.88. The molecule has 1 aliphatic rings. The number of rotatable bonds is 4. The lowest BCUT2D eigenvalue weighted by atomic mass is 10.2. The van der Waals surface area contributed by atoms with Crippen molar-refractivity contribution in [1.29, 1.82) is 0 Å². The Kier molecular flexibility index (Phi) is 4.69. The number of esters is 1. The maximum absolute atomic E-state index is 13.4. The molecule has 0 bridgehead atoms. The van der Waals surface area contributed by atoms with E-state index in [-0.39, 0.29) is 18.0 Å². The molecule has 22 heavy (non-hydrogen) atoms. The summed E-state index contributed by atoms with van der Waals surface area (Å²) in [6.45, 7) is 1.31. The van der Waals surface area contributed by atoms with Gasteiger partial charge >= 0.3 is 5.97 Å². The Hall–Kier alpha value is -2.51. The van der Waals surface area contributed by atoms with Crippen molar-refractivity contribution in [3.05, 3.63) is 29.8 Å². The van der Waals surface area contributed by atoms with E-state index >= 15 is 0 Å². The van der Waals surface area contributed by atoms with Crippen molar-refractivity contribution in [1.82, 2.24) is 5.32 Å². The zero-order valence-electron chi connectivity index (χ0n) is 11.7. The van der Waals surface area contributed by atoms with Crippen LogP contribution in [-0.4, -0.2) is 29.9 Å². The maximum Gasteiger partial charge on any atom is 0.329 e. The van der Waals surface area contributed by atoms with Crippen molar-refractivity contribution in [2.75, 3.05) is 5.32 Å². The van der Waals surface area contributed by atoms with E-state index in [4.69, 9.17) is 4.74 Å². The summed E-state index contributed by atoms with van der Waals surface area (Å²) in [6.07, 6.45) is -0.658. The van der Waals surface area contributed by atoms with Gasteiger partial charge in [0.1, 0.15) is 17.7 Å². The fraction of sp³-hybridized carbons (Fsp3) is 0.357. The molecule has 2 atom stereocenters. The monoisotopic (exact) mass is 312 g/mol. The van der Waals surface area contributed by atoms with Crippen LogP contribution in [0, 0.1) is 11.6 Å². The summed E-state index contributed by atoms with van der Waals surface area (Å²) in [7, 11) is 0. The fourth-order valence-electron chi connectivity index (χ4n) is 1.93. The average molecular weight is 312 g/mol.